The molecule has 0 saturated heterocycles. The molecule has 4 nitrogen and oxygen atoms in total. The molecule has 0 spiro atoms. The number of aliphatic imine (C=N–C) groups is 2. The molecule has 2 aromatic carbocycles. The molecule has 0 heterocycles. The monoisotopic (exact) mass is 436 g/mol. The van der Waals surface area contributed by atoms with Gasteiger partial charge in [-0.2, -0.15) is 0 Å². The quantitative estimate of drug-likeness (QED) is 0.315. The molecule has 0 saturated carbocycles. The number of aromatic hydroxyl groups is 2. The van der Waals surface area contributed by atoms with E-state index in [1.54, 1.807) is 12.4 Å². The minimum absolute atomic E-state index is 0.296. The number of nitrogens with zero attached hydrogens (tertiary/aromatic N) is 2. The van der Waals surface area contributed by atoms with Gasteiger partial charge in [0.1, 0.15) is 11.5 Å². The van der Waals surface area contributed by atoms with Gasteiger partial charge in [0, 0.05) is 23.6 Å². The fraction of sp³-hybridized carbons (Fsp3) is 0.500. The normalized spacial score (nSPS) is 12.1. The van der Waals surface area contributed by atoms with Crippen molar-refractivity contribution >= 4 is 12.4 Å². The molecule has 0 aliphatic carbocycles. The Balaban J connectivity index is 1.98. The maximum absolute atomic E-state index is 10.4. The molecule has 2 rings (SSSR count). The van der Waals surface area contributed by atoms with Gasteiger partial charge in [0.05, 0.1) is 13.1 Å². The van der Waals surface area contributed by atoms with Crippen LogP contribution in [0.15, 0.2) is 34.3 Å². The first-order valence-corrected chi connectivity index (χ1v) is 11.8. The summed E-state index contributed by atoms with van der Waals surface area (Å²) in [4.78, 5) is 8.91. The second-order valence-electron chi connectivity index (χ2n) is 9.64. The fourth-order valence-electron chi connectivity index (χ4n) is 3.61. The van der Waals surface area contributed by atoms with Crippen molar-refractivity contribution in [3.63, 3.8) is 0 Å². The Hall–Kier alpha value is -2.62. The van der Waals surface area contributed by atoms with Gasteiger partial charge in [-0.15, -0.1) is 0 Å². The van der Waals surface area contributed by atoms with E-state index < -0.39 is 0 Å². The predicted octanol–water partition coefficient (Wildman–Crippen LogP) is 6.43. The summed E-state index contributed by atoms with van der Waals surface area (Å²) in [7, 11) is 0. The van der Waals surface area contributed by atoms with Crippen LogP contribution in [0.25, 0.3) is 0 Å². The smallest absolute Gasteiger partial charge is 0.127 e. The molecule has 0 atom stereocenters. The molecule has 2 aromatic rings. The lowest BCUT2D eigenvalue weighted by molar-refractivity contribution is 0.469. The summed E-state index contributed by atoms with van der Waals surface area (Å²) in [6, 6.07) is 8.17. The van der Waals surface area contributed by atoms with Crippen LogP contribution in [-0.2, 0) is 12.8 Å². The Morgan fingerprint density at radius 3 is 1.41 bits per heavy atom. The van der Waals surface area contributed by atoms with Gasteiger partial charge in [0.25, 0.3) is 0 Å². The Labute approximate surface area is 194 Å². The molecule has 0 radical (unpaired) electrons. The maximum Gasteiger partial charge on any atom is 0.127 e. The van der Waals surface area contributed by atoms with E-state index in [9.17, 15) is 10.2 Å². The number of hydrogen-bond donors (Lipinski definition) is 2. The van der Waals surface area contributed by atoms with Crippen LogP contribution in [-0.4, -0.2) is 35.7 Å². The number of hydrogen-bond acceptors (Lipinski definition) is 4. The minimum atomic E-state index is 0.296. The molecular weight excluding hydrogens is 396 g/mol. The Morgan fingerprint density at radius 1 is 0.688 bits per heavy atom. The van der Waals surface area contributed by atoms with Crippen molar-refractivity contribution in [3.8, 4) is 11.5 Å². The number of aryl methyl sites for hydroxylation is 4. The predicted molar refractivity (Wildman–Crippen MR) is 137 cm³/mol. The highest BCUT2D eigenvalue weighted by Crippen LogP contribution is 2.25. The Kier molecular flexibility index (Phi) is 9.96. The van der Waals surface area contributed by atoms with Crippen molar-refractivity contribution in [1.29, 1.82) is 0 Å². The molecule has 0 amide bonds. The number of benzene rings is 2. The summed E-state index contributed by atoms with van der Waals surface area (Å²) >= 11 is 0. The number of phenolic OH excluding ortho intramolecular Hbond substituents is 2. The summed E-state index contributed by atoms with van der Waals surface area (Å²) < 4.78 is 0. The first kappa shape index (κ1) is 25.6. The SMILES string of the molecule is Cc1cc(CCC(C)C)cc(C=NCCN=Cc2cc(CCC(C)C)cc(C)c2O)c1O. The van der Waals surface area contributed by atoms with E-state index in [1.165, 1.54) is 11.1 Å². The molecule has 0 aromatic heterocycles. The van der Waals surface area contributed by atoms with E-state index >= 15 is 0 Å². The van der Waals surface area contributed by atoms with E-state index in [0.717, 1.165) is 47.9 Å². The van der Waals surface area contributed by atoms with E-state index in [1.807, 2.05) is 26.0 Å². The maximum atomic E-state index is 10.4. The molecule has 32 heavy (non-hydrogen) atoms. The van der Waals surface area contributed by atoms with Gasteiger partial charge in [-0.05, 0) is 85.8 Å². The largest absolute Gasteiger partial charge is 0.507 e. The summed E-state index contributed by atoms with van der Waals surface area (Å²) in [5.74, 6) is 1.89. The van der Waals surface area contributed by atoms with Gasteiger partial charge >= 0.3 is 0 Å². The van der Waals surface area contributed by atoms with Crippen molar-refractivity contribution in [2.24, 2.45) is 21.8 Å². The third kappa shape index (κ3) is 8.14. The van der Waals surface area contributed by atoms with Gasteiger partial charge in [-0.25, -0.2) is 0 Å². The van der Waals surface area contributed by atoms with Crippen LogP contribution in [0, 0.1) is 25.7 Å². The Bertz CT molecular complexity index is 865. The van der Waals surface area contributed by atoms with Crippen LogP contribution in [0.5, 0.6) is 11.5 Å². The van der Waals surface area contributed by atoms with Crippen LogP contribution in [0.4, 0.5) is 0 Å². The van der Waals surface area contributed by atoms with E-state index in [0.29, 0.717) is 36.4 Å². The first-order valence-electron chi connectivity index (χ1n) is 11.8. The summed E-state index contributed by atoms with van der Waals surface area (Å²) in [6.45, 7) is 13.8. The lowest BCUT2D eigenvalue weighted by Gasteiger charge is -2.10. The van der Waals surface area contributed by atoms with Crippen molar-refractivity contribution < 1.29 is 10.2 Å². The van der Waals surface area contributed by atoms with Gasteiger partial charge in [-0.3, -0.25) is 9.98 Å². The highest BCUT2D eigenvalue weighted by atomic mass is 16.3. The zero-order valence-corrected chi connectivity index (χ0v) is 20.7. The molecule has 0 aliphatic rings. The molecule has 0 unspecified atom stereocenters. The van der Waals surface area contributed by atoms with Crippen molar-refractivity contribution in [1.82, 2.24) is 0 Å². The van der Waals surface area contributed by atoms with E-state index in [2.05, 4.69) is 49.8 Å². The molecule has 2 N–H and O–H groups in total. The van der Waals surface area contributed by atoms with Crippen molar-refractivity contribution in [2.45, 2.75) is 67.2 Å². The third-order valence-corrected chi connectivity index (χ3v) is 5.62. The second-order valence-corrected chi connectivity index (χ2v) is 9.64. The van der Waals surface area contributed by atoms with Gasteiger partial charge in [0.2, 0.25) is 0 Å². The lowest BCUT2D eigenvalue weighted by Crippen LogP contribution is -1.97. The number of rotatable bonds is 11. The number of phenols is 2. The third-order valence-electron chi connectivity index (χ3n) is 5.62. The van der Waals surface area contributed by atoms with Crippen molar-refractivity contribution in [2.75, 3.05) is 13.1 Å². The molecule has 174 valence electrons. The minimum Gasteiger partial charge on any atom is -0.507 e. The van der Waals surface area contributed by atoms with Gasteiger partial charge in [0.15, 0.2) is 0 Å². The van der Waals surface area contributed by atoms with Crippen LogP contribution in [0.1, 0.15) is 73.9 Å². The Morgan fingerprint density at radius 2 is 1.06 bits per heavy atom. The second kappa shape index (κ2) is 12.4. The fourth-order valence-corrected chi connectivity index (χ4v) is 3.61. The molecule has 4 heteroatoms. The van der Waals surface area contributed by atoms with Gasteiger partial charge in [-0.1, -0.05) is 39.8 Å². The highest BCUT2D eigenvalue weighted by molar-refractivity contribution is 5.85. The summed E-state index contributed by atoms with van der Waals surface area (Å²) in [5.41, 5.74) is 5.76. The first-order chi connectivity index (χ1) is 15.2. The zero-order valence-electron chi connectivity index (χ0n) is 20.7. The summed E-state index contributed by atoms with van der Waals surface area (Å²) in [6.07, 6.45) is 7.74. The zero-order chi connectivity index (χ0) is 23.7. The van der Waals surface area contributed by atoms with Crippen LogP contribution in [0.2, 0.25) is 0 Å². The highest BCUT2D eigenvalue weighted by Gasteiger charge is 2.07. The van der Waals surface area contributed by atoms with Crippen molar-refractivity contribution in [3.05, 3.63) is 57.6 Å². The van der Waals surface area contributed by atoms with Crippen LogP contribution < -0.4 is 0 Å². The van der Waals surface area contributed by atoms with E-state index in [-0.39, 0.29) is 0 Å². The average Bonchev–Trinajstić information content (AvgIpc) is 2.73. The average molecular weight is 437 g/mol. The molecular formula is C28H40N2O2. The van der Waals surface area contributed by atoms with Crippen LogP contribution >= 0.6 is 0 Å². The summed E-state index contributed by atoms with van der Waals surface area (Å²) in [5, 5.41) is 20.7. The molecule has 0 aliphatic heterocycles. The molecule has 0 bridgehead atoms. The van der Waals surface area contributed by atoms with Gasteiger partial charge < -0.3 is 10.2 Å². The molecule has 0 fully saturated rings. The topological polar surface area (TPSA) is 65.2 Å². The van der Waals surface area contributed by atoms with E-state index in [4.69, 9.17) is 0 Å². The van der Waals surface area contributed by atoms with Crippen LogP contribution in [0.3, 0.4) is 0 Å². The standard InChI is InChI=1S/C28H40N2O2/c1-19(2)7-9-23-13-21(5)27(31)25(15-23)17-29-11-12-30-18-26-16-24(10-8-20(3)4)14-22(6)28(26)32/h13-20,31-32H,7-12H2,1-6H3. The lowest BCUT2D eigenvalue weighted by atomic mass is 9.98.